The summed E-state index contributed by atoms with van der Waals surface area (Å²) in [6, 6.07) is 4.93. The number of thiophene rings is 1. The third-order valence-electron chi connectivity index (χ3n) is 6.23. The molecule has 0 spiro atoms. The van der Waals surface area contributed by atoms with Crippen LogP contribution in [-0.2, 0) is 21.4 Å². The minimum Gasteiger partial charge on any atom is -0.497 e. The van der Waals surface area contributed by atoms with Crippen molar-refractivity contribution < 1.29 is 22.7 Å². The van der Waals surface area contributed by atoms with Crippen molar-refractivity contribution in [1.29, 1.82) is 0 Å². The van der Waals surface area contributed by atoms with Crippen LogP contribution in [0.3, 0.4) is 0 Å². The van der Waals surface area contributed by atoms with E-state index in [0.29, 0.717) is 40.0 Å². The number of amides is 1. The maximum Gasteiger partial charge on any atom is 0.263 e. The summed E-state index contributed by atoms with van der Waals surface area (Å²) >= 11 is 1.16. The molecule has 1 aliphatic rings. The summed E-state index contributed by atoms with van der Waals surface area (Å²) in [7, 11) is -0.919. The van der Waals surface area contributed by atoms with Gasteiger partial charge in [-0.15, -0.1) is 11.3 Å². The van der Waals surface area contributed by atoms with Crippen molar-refractivity contribution >= 4 is 43.2 Å². The van der Waals surface area contributed by atoms with Crippen LogP contribution >= 0.6 is 11.3 Å². The van der Waals surface area contributed by atoms with E-state index in [1.807, 2.05) is 13.8 Å². The van der Waals surface area contributed by atoms with Gasteiger partial charge in [0.2, 0.25) is 15.9 Å². The number of hydrogen-bond acceptors (Lipinski definition) is 8. The van der Waals surface area contributed by atoms with E-state index in [4.69, 9.17) is 9.47 Å². The molecule has 1 aromatic carbocycles. The normalized spacial score (nSPS) is 18.8. The van der Waals surface area contributed by atoms with E-state index < -0.39 is 21.5 Å². The molecule has 0 bridgehead atoms. The summed E-state index contributed by atoms with van der Waals surface area (Å²) in [4.78, 5) is 31.4. The first-order valence-corrected chi connectivity index (χ1v) is 13.8. The minimum absolute atomic E-state index is 0.00659. The van der Waals surface area contributed by atoms with Crippen molar-refractivity contribution in [3.05, 3.63) is 39.8 Å². The summed E-state index contributed by atoms with van der Waals surface area (Å²) in [5, 5.41) is 2.75. The standard InChI is InChI=1S/C24H30N4O6S2/c1-14-8-15(2)11-28(10-14)36(31,32)22-16(3)35-23-21(22)24(30)27(13-25-23)12-20(29)26-18-7-6-17(33-4)9-19(18)34-5/h6-7,9,13-15H,8,10-12H2,1-5H3,(H,26,29)/t14-,15-/m1/s1. The van der Waals surface area contributed by atoms with Crippen LogP contribution in [0.25, 0.3) is 10.2 Å². The predicted molar refractivity (Wildman–Crippen MR) is 138 cm³/mol. The molecule has 3 aromatic rings. The first-order chi connectivity index (χ1) is 17.0. The van der Waals surface area contributed by atoms with Crippen molar-refractivity contribution in [2.75, 3.05) is 32.6 Å². The Kier molecular flexibility index (Phi) is 7.39. The van der Waals surface area contributed by atoms with Crippen molar-refractivity contribution in [3.8, 4) is 11.5 Å². The number of fused-ring (bicyclic) bond motifs is 1. The molecule has 12 heteroatoms. The number of rotatable bonds is 7. The number of benzene rings is 1. The lowest BCUT2D eigenvalue weighted by Gasteiger charge is -2.34. The number of methoxy groups -OCH3 is 2. The second-order valence-electron chi connectivity index (χ2n) is 9.23. The molecule has 4 rings (SSSR count). The molecular formula is C24H30N4O6S2. The highest BCUT2D eigenvalue weighted by Crippen LogP contribution is 2.35. The number of piperidine rings is 1. The molecule has 0 aliphatic carbocycles. The fourth-order valence-corrected chi connectivity index (χ4v) is 8.06. The van der Waals surface area contributed by atoms with Crippen LogP contribution in [0.2, 0.25) is 0 Å². The summed E-state index contributed by atoms with van der Waals surface area (Å²) in [5.41, 5.74) is -0.161. The van der Waals surface area contributed by atoms with Gasteiger partial charge in [0.15, 0.2) is 0 Å². The first kappa shape index (κ1) is 26.1. The maximum absolute atomic E-state index is 13.7. The quantitative estimate of drug-likeness (QED) is 0.495. The number of hydrogen-bond donors (Lipinski definition) is 1. The number of aromatic nitrogens is 2. The SMILES string of the molecule is COc1ccc(NC(=O)Cn2cnc3sc(C)c(S(=O)(=O)N4C[C@H](C)C[C@@H](C)C4)c3c2=O)c(OC)c1. The Morgan fingerprint density at radius 3 is 2.53 bits per heavy atom. The van der Waals surface area contributed by atoms with Gasteiger partial charge in [0.05, 0.1) is 31.6 Å². The Bertz CT molecular complexity index is 1450. The smallest absolute Gasteiger partial charge is 0.263 e. The Morgan fingerprint density at radius 1 is 1.19 bits per heavy atom. The van der Waals surface area contributed by atoms with Gasteiger partial charge in [-0.05, 0) is 37.3 Å². The summed E-state index contributed by atoms with van der Waals surface area (Å²) in [6.07, 6.45) is 2.23. The van der Waals surface area contributed by atoms with E-state index in [0.717, 1.165) is 22.3 Å². The molecule has 194 valence electrons. The Morgan fingerprint density at radius 2 is 1.89 bits per heavy atom. The number of anilines is 1. The van der Waals surface area contributed by atoms with Gasteiger partial charge in [0.1, 0.15) is 27.8 Å². The zero-order chi connectivity index (χ0) is 26.2. The number of sulfonamides is 1. The lowest BCUT2D eigenvalue weighted by molar-refractivity contribution is -0.116. The van der Waals surface area contributed by atoms with Crippen molar-refractivity contribution in [3.63, 3.8) is 0 Å². The Balaban J connectivity index is 1.67. The van der Waals surface area contributed by atoms with Gasteiger partial charge in [0.25, 0.3) is 5.56 Å². The second kappa shape index (κ2) is 10.2. The number of ether oxygens (including phenoxy) is 2. The fraction of sp³-hybridized carbons (Fsp3) is 0.458. The average Bonchev–Trinajstić information content (AvgIpc) is 3.18. The minimum atomic E-state index is -3.91. The molecule has 0 unspecified atom stereocenters. The summed E-state index contributed by atoms with van der Waals surface area (Å²) < 4.78 is 40.4. The second-order valence-corrected chi connectivity index (χ2v) is 12.3. The maximum atomic E-state index is 13.7. The largest absolute Gasteiger partial charge is 0.497 e. The van der Waals surface area contributed by atoms with Crippen LogP contribution in [0, 0.1) is 18.8 Å². The van der Waals surface area contributed by atoms with Crippen LogP contribution in [-0.4, -0.2) is 55.5 Å². The van der Waals surface area contributed by atoms with Gasteiger partial charge < -0.3 is 14.8 Å². The Hall–Kier alpha value is -2.96. The van der Waals surface area contributed by atoms with Gasteiger partial charge in [-0.1, -0.05) is 13.8 Å². The third-order valence-corrected chi connectivity index (χ3v) is 9.38. The molecule has 1 fully saturated rings. The molecule has 1 aliphatic heterocycles. The van der Waals surface area contributed by atoms with Gasteiger partial charge >= 0.3 is 0 Å². The van der Waals surface area contributed by atoms with Crippen LogP contribution in [0.15, 0.2) is 34.2 Å². The zero-order valence-electron chi connectivity index (χ0n) is 20.9. The molecule has 2 atom stereocenters. The van der Waals surface area contributed by atoms with E-state index in [1.54, 1.807) is 25.1 Å². The van der Waals surface area contributed by atoms with Crippen LogP contribution < -0.4 is 20.3 Å². The highest BCUT2D eigenvalue weighted by atomic mass is 32.2. The van der Waals surface area contributed by atoms with Crippen LogP contribution in [0.4, 0.5) is 5.69 Å². The fourth-order valence-electron chi connectivity index (χ4n) is 4.71. The molecular weight excluding hydrogens is 504 g/mol. The van der Waals surface area contributed by atoms with Gasteiger partial charge in [0, 0.05) is 24.0 Å². The highest BCUT2D eigenvalue weighted by Gasteiger charge is 2.35. The van der Waals surface area contributed by atoms with Gasteiger partial charge in [-0.3, -0.25) is 14.2 Å². The molecule has 2 aromatic heterocycles. The first-order valence-electron chi connectivity index (χ1n) is 11.6. The summed E-state index contributed by atoms with van der Waals surface area (Å²) in [5.74, 6) is 0.922. The number of nitrogens with one attached hydrogen (secondary N) is 1. The number of carbonyl (C=O) groups is 1. The molecule has 3 heterocycles. The van der Waals surface area contributed by atoms with Crippen LogP contribution in [0.5, 0.6) is 11.5 Å². The molecule has 1 N–H and O–H groups in total. The zero-order valence-corrected chi connectivity index (χ0v) is 22.5. The monoisotopic (exact) mass is 534 g/mol. The van der Waals surface area contributed by atoms with Crippen molar-refractivity contribution in [2.24, 2.45) is 11.8 Å². The Labute approximate surface area is 213 Å². The van der Waals surface area contributed by atoms with Crippen molar-refractivity contribution in [1.82, 2.24) is 13.9 Å². The molecule has 0 radical (unpaired) electrons. The molecule has 36 heavy (non-hydrogen) atoms. The van der Waals surface area contributed by atoms with E-state index in [2.05, 4.69) is 10.3 Å². The molecule has 1 amide bonds. The van der Waals surface area contributed by atoms with E-state index >= 15 is 0 Å². The molecule has 1 saturated heterocycles. The number of carbonyl (C=O) groups excluding carboxylic acids is 1. The van der Waals surface area contributed by atoms with E-state index in [1.165, 1.54) is 24.9 Å². The van der Waals surface area contributed by atoms with Crippen LogP contribution in [0.1, 0.15) is 25.1 Å². The average molecular weight is 535 g/mol. The summed E-state index contributed by atoms with van der Waals surface area (Å²) in [6.45, 7) is 6.21. The lowest BCUT2D eigenvalue weighted by Crippen LogP contribution is -2.42. The molecule has 10 nitrogen and oxygen atoms in total. The topological polar surface area (TPSA) is 120 Å². The van der Waals surface area contributed by atoms with Gasteiger partial charge in [-0.2, -0.15) is 4.31 Å². The van der Waals surface area contributed by atoms with E-state index in [-0.39, 0.29) is 28.7 Å². The van der Waals surface area contributed by atoms with Gasteiger partial charge in [-0.25, -0.2) is 13.4 Å². The number of nitrogens with zero attached hydrogens (tertiary/aromatic N) is 3. The number of aryl methyl sites for hydroxylation is 1. The highest BCUT2D eigenvalue weighted by molar-refractivity contribution is 7.89. The lowest BCUT2D eigenvalue weighted by atomic mass is 9.94. The van der Waals surface area contributed by atoms with Crippen molar-refractivity contribution in [2.45, 2.75) is 38.6 Å². The molecule has 0 saturated carbocycles. The van der Waals surface area contributed by atoms with E-state index in [9.17, 15) is 18.0 Å². The third kappa shape index (κ3) is 4.97. The predicted octanol–water partition coefficient (Wildman–Crippen LogP) is 3.09.